The maximum Gasteiger partial charge on any atom is 0.171 e. The molecule has 0 spiro atoms. The van der Waals surface area contributed by atoms with Crippen LogP contribution in [0.5, 0.6) is 0 Å². The number of aromatic nitrogens is 2. The molecule has 4 heteroatoms. The Balaban J connectivity index is 3.04. The van der Waals surface area contributed by atoms with Gasteiger partial charge in [0.1, 0.15) is 0 Å². The highest BCUT2D eigenvalue weighted by atomic mass is 35.5. The molecule has 1 N–H and O–H groups in total. The van der Waals surface area contributed by atoms with Gasteiger partial charge in [-0.2, -0.15) is 0 Å². The second-order valence-electron chi connectivity index (χ2n) is 4.41. The monoisotopic (exact) mass is 213 g/mol. The van der Waals surface area contributed by atoms with Crippen LogP contribution in [0.2, 0.25) is 5.15 Å². The van der Waals surface area contributed by atoms with Crippen LogP contribution in [-0.2, 0) is 0 Å². The van der Waals surface area contributed by atoms with Crippen molar-refractivity contribution in [2.45, 2.75) is 40.2 Å². The van der Waals surface area contributed by atoms with Gasteiger partial charge in [0.25, 0.3) is 0 Å². The number of rotatable bonds is 1. The fourth-order valence-corrected chi connectivity index (χ4v) is 1.23. The molecule has 0 saturated carbocycles. The Bertz CT molecular complexity index is 342. The third kappa shape index (κ3) is 2.84. The Kier molecular flexibility index (Phi) is 3.00. The fourth-order valence-electron chi connectivity index (χ4n) is 1.01. The second-order valence-corrected chi connectivity index (χ2v) is 4.77. The molecule has 0 aliphatic carbocycles. The zero-order valence-electron chi connectivity index (χ0n) is 9.27. The molecule has 0 aliphatic heterocycles. The van der Waals surface area contributed by atoms with Crippen LogP contribution < -0.4 is 5.32 Å². The third-order valence-corrected chi connectivity index (χ3v) is 2.02. The van der Waals surface area contributed by atoms with Gasteiger partial charge in [0, 0.05) is 5.54 Å². The van der Waals surface area contributed by atoms with Gasteiger partial charge in [0.05, 0.1) is 11.4 Å². The van der Waals surface area contributed by atoms with E-state index in [1.807, 2.05) is 13.8 Å². The molecule has 0 radical (unpaired) electrons. The molecule has 0 bridgehead atoms. The zero-order chi connectivity index (χ0) is 10.9. The maximum atomic E-state index is 5.97. The van der Waals surface area contributed by atoms with Crippen LogP contribution in [-0.4, -0.2) is 15.5 Å². The average molecular weight is 214 g/mol. The van der Waals surface area contributed by atoms with Crippen molar-refractivity contribution in [2.24, 2.45) is 0 Å². The molecule has 78 valence electrons. The quantitative estimate of drug-likeness (QED) is 0.780. The minimum Gasteiger partial charge on any atom is -0.363 e. The van der Waals surface area contributed by atoms with Gasteiger partial charge in [-0.05, 0) is 34.6 Å². The van der Waals surface area contributed by atoms with E-state index in [1.165, 1.54) is 0 Å². The van der Waals surface area contributed by atoms with E-state index < -0.39 is 0 Å². The normalized spacial score (nSPS) is 11.6. The van der Waals surface area contributed by atoms with E-state index in [2.05, 4.69) is 36.1 Å². The van der Waals surface area contributed by atoms with Crippen molar-refractivity contribution in [3.8, 4) is 0 Å². The molecule has 1 aromatic heterocycles. The van der Waals surface area contributed by atoms with Gasteiger partial charge in [-0.3, -0.25) is 0 Å². The lowest BCUT2D eigenvalue weighted by Gasteiger charge is -2.22. The lowest BCUT2D eigenvalue weighted by atomic mass is 10.1. The number of nitrogens with one attached hydrogen (secondary N) is 1. The summed E-state index contributed by atoms with van der Waals surface area (Å²) >= 11 is 5.97. The van der Waals surface area contributed by atoms with Crippen molar-refractivity contribution >= 4 is 17.4 Å². The lowest BCUT2D eigenvalue weighted by molar-refractivity contribution is 0.629. The van der Waals surface area contributed by atoms with Gasteiger partial charge in [-0.1, -0.05) is 11.6 Å². The van der Waals surface area contributed by atoms with E-state index >= 15 is 0 Å². The predicted molar refractivity (Wildman–Crippen MR) is 59.9 cm³/mol. The highest BCUT2D eigenvalue weighted by molar-refractivity contribution is 6.31. The van der Waals surface area contributed by atoms with E-state index in [9.17, 15) is 0 Å². The molecule has 0 aliphatic rings. The van der Waals surface area contributed by atoms with Crippen LogP contribution in [0.4, 0.5) is 5.82 Å². The largest absolute Gasteiger partial charge is 0.363 e. The number of nitrogens with zero attached hydrogens (tertiary/aromatic N) is 2. The first-order valence-corrected chi connectivity index (χ1v) is 4.96. The molecule has 0 unspecified atom stereocenters. The molecule has 14 heavy (non-hydrogen) atoms. The number of hydrogen-bond acceptors (Lipinski definition) is 3. The van der Waals surface area contributed by atoms with Crippen LogP contribution in [0.3, 0.4) is 0 Å². The van der Waals surface area contributed by atoms with Gasteiger partial charge >= 0.3 is 0 Å². The standard InChI is InChI=1S/C10H16ClN3/c1-6-7(2)13-9(8(11)12-6)14-10(3,4)5/h1-5H3,(H,13,14). The van der Waals surface area contributed by atoms with Gasteiger partial charge in [-0.25, -0.2) is 9.97 Å². The molecule has 0 fully saturated rings. The van der Waals surface area contributed by atoms with Crippen molar-refractivity contribution in [3.05, 3.63) is 16.5 Å². The predicted octanol–water partition coefficient (Wildman–Crippen LogP) is 2.96. The van der Waals surface area contributed by atoms with Crippen LogP contribution in [0.15, 0.2) is 0 Å². The summed E-state index contributed by atoms with van der Waals surface area (Å²) in [6.45, 7) is 9.99. The Hall–Kier alpha value is -0.830. The Morgan fingerprint density at radius 2 is 1.57 bits per heavy atom. The first-order chi connectivity index (χ1) is 6.29. The number of aryl methyl sites for hydroxylation is 2. The Morgan fingerprint density at radius 1 is 1.07 bits per heavy atom. The minimum atomic E-state index is -0.0555. The molecular formula is C10H16ClN3. The summed E-state index contributed by atoms with van der Waals surface area (Å²) in [5.41, 5.74) is 1.72. The summed E-state index contributed by atoms with van der Waals surface area (Å²) in [6.07, 6.45) is 0. The van der Waals surface area contributed by atoms with Crippen molar-refractivity contribution in [2.75, 3.05) is 5.32 Å². The van der Waals surface area contributed by atoms with Crippen LogP contribution >= 0.6 is 11.6 Å². The zero-order valence-corrected chi connectivity index (χ0v) is 10.0. The first-order valence-electron chi connectivity index (χ1n) is 4.58. The summed E-state index contributed by atoms with van der Waals surface area (Å²) in [5, 5.41) is 3.65. The van der Waals surface area contributed by atoms with E-state index in [1.54, 1.807) is 0 Å². The maximum absolute atomic E-state index is 5.97. The fraction of sp³-hybridized carbons (Fsp3) is 0.600. The summed E-state index contributed by atoms with van der Waals surface area (Å²) in [6, 6.07) is 0. The first kappa shape index (κ1) is 11.2. The van der Waals surface area contributed by atoms with Gasteiger partial charge in [-0.15, -0.1) is 0 Å². The minimum absolute atomic E-state index is 0.0555. The molecule has 0 saturated heterocycles. The van der Waals surface area contributed by atoms with Crippen LogP contribution in [0.25, 0.3) is 0 Å². The Labute approximate surface area is 89.9 Å². The van der Waals surface area contributed by atoms with Crippen molar-refractivity contribution in [3.63, 3.8) is 0 Å². The molecule has 1 rings (SSSR count). The Morgan fingerprint density at radius 3 is 2.07 bits per heavy atom. The summed E-state index contributed by atoms with van der Waals surface area (Å²) < 4.78 is 0. The number of hydrogen-bond donors (Lipinski definition) is 1. The number of anilines is 1. The summed E-state index contributed by atoms with van der Waals surface area (Å²) in [5.74, 6) is 0.655. The molecule has 0 aromatic carbocycles. The lowest BCUT2D eigenvalue weighted by Crippen LogP contribution is -2.27. The SMILES string of the molecule is Cc1nc(Cl)c(NC(C)(C)C)nc1C. The van der Waals surface area contributed by atoms with Crippen molar-refractivity contribution in [1.82, 2.24) is 9.97 Å². The average Bonchev–Trinajstić information content (AvgIpc) is 1.97. The molecular weight excluding hydrogens is 198 g/mol. The van der Waals surface area contributed by atoms with E-state index in [0.29, 0.717) is 11.0 Å². The topological polar surface area (TPSA) is 37.8 Å². The second kappa shape index (κ2) is 3.73. The van der Waals surface area contributed by atoms with Gasteiger partial charge in [0.15, 0.2) is 11.0 Å². The molecule has 0 amide bonds. The highest BCUT2D eigenvalue weighted by Gasteiger charge is 2.14. The number of halogens is 1. The summed E-state index contributed by atoms with van der Waals surface area (Å²) in [7, 11) is 0. The molecule has 1 heterocycles. The highest BCUT2D eigenvalue weighted by Crippen LogP contribution is 2.21. The van der Waals surface area contributed by atoms with Gasteiger partial charge in [0.2, 0.25) is 0 Å². The molecule has 1 aromatic rings. The molecule has 0 atom stereocenters. The smallest absolute Gasteiger partial charge is 0.171 e. The van der Waals surface area contributed by atoms with E-state index in [0.717, 1.165) is 11.4 Å². The summed E-state index contributed by atoms with van der Waals surface area (Å²) in [4.78, 5) is 8.55. The van der Waals surface area contributed by atoms with Crippen molar-refractivity contribution < 1.29 is 0 Å². The third-order valence-electron chi connectivity index (χ3n) is 1.76. The van der Waals surface area contributed by atoms with Crippen LogP contribution in [0, 0.1) is 13.8 Å². The van der Waals surface area contributed by atoms with Crippen molar-refractivity contribution in [1.29, 1.82) is 0 Å². The van der Waals surface area contributed by atoms with E-state index in [-0.39, 0.29) is 5.54 Å². The van der Waals surface area contributed by atoms with Crippen LogP contribution in [0.1, 0.15) is 32.2 Å². The molecule has 3 nitrogen and oxygen atoms in total. The van der Waals surface area contributed by atoms with Gasteiger partial charge < -0.3 is 5.32 Å². The van der Waals surface area contributed by atoms with E-state index in [4.69, 9.17) is 11.6 Å².